The maximum atomic E-state index is 14.0. The van der Waals surface area contributed by atoms with Gasteiger partial charge in [0.2, 0.25) is 11.8 Å². The number of hydrogen-bond donors (Lipinski definition) is 1. The molecule has 0 aliphatic carbocycles. The van der Waals surface area contributed by atoms with Gasteiger partial charge in [-0.25, -0.2) is 8.42 Å². The van der Waals surface area contributed by atoms with Crippen molar-refractivity contribution in [1.82, 2.24) is 10.2 Å². The Bertz CT molecular complexity index is 1410. The first-order valence-electron chi connectivity index (χ1n) is 13.2. The molecule has 0 unspecified atom stereocenters. The number of sulfonamides is 1. The van der Waals surface area contributed by atoms with Gasteiger partial charge in [-0.2, -0.15) is 0 Å². The van der Waals surface area contributed by atoms with Crippen molar-refractivity contribution < 1.29 is 32.2 Å². The van der Waals surface area contributed by atoms with Crippen LogP contribution < -0.4 is 23.8 Å². The summed E-state index contributed by atoms with van der Waals surface area (Å²) in [4.78, 5) is 28.4. The minimum absolute atomic E-state index is 0.0121. The molecule has 0 saturated carbocycles. The number of anilines is 1. The fourth-order valence-corrected chi connectivity index (χ4v) is 5.56. The maximum Gasteiger partial charge on any atom is 0.264 e. The minimum atomic E-state index is -4.20. The van der Waals surface area contributed by atoms with Crippen LogP contribution in [0.15, 0.2) is 77.7 Å². The van der Waals surface area contributed by atoms with Gasteiger partial charge in [0, 0.05) is 19.2 Å². The second-order valence-electron chi connectivity index (χ2n) is 9.20. The lowest BCUT2D eigenvalue weighted by Gasteiger charge is -2.32. The van der Waals surface area contributed by atoms with Crippen molar-refractivity contribution in [2.75, 3.05) is 38.7 Å². The van der Waals surface area contributed by atoms with Crippen LogP contribution in [-0.4, -0.2) is 65.6 Å². The van der Waals surface area contributed by atoms with E-state index >= 15 is 0 Å². The van der Waals surface area contributed by atoms with E-state index in [9.17, 15) is 18.0 Å². The molecule has 220 valence electrons. The molecule has 0 spiro atoms. The highest BCUT2D eigenvalue weighted by atomic mass is 32.2. The van der Waals surface area contributed by atoms with E-state index in [1.165, 1.54) is 37.3 Å². The summed E-state index contributed by atoms with van der Waals surface area (Å²) in [5.74, 6) is 0.454. The first-order valence-corrected chi connectivity index (χ1v) is 14.6. The van der Waals surface area contributed by atoms with Crippen LogP contribution in [-0.2, 0) is 26.2 Å². The van der Waals surface area contributed by atoms with Gasteiger partial charge in [0.25, 0.3) is 10.0 Å². The van der Waals surface area contributed by atoms with Crippen molar-refractivity contribution in [3.63, 3.8) is 0 Å². The lowest BCUT2D eigenvalue weighted by atomic mass is 10.1. The zero-order valence-corrected chi connectivity index (χ0v) is 24.8. The van der Waals surface area contributed by atoms with Crippen molar-refractivity contribution >= 4 is 27.5 Å². The van der Waals surface area contributed by atoms with E-state index in [-0.39, 0.29) is 23.0 Å². The molecule has 0 aliphatic heterocycles. The molecule has 41 heavy (non-hydrogen) atoms. The molecule has 0 fully saturated rings. The number of carbonyl (C=O) groups excluding carboxylic acids is 2. The van der Waals surface area contributed by atoms with Gasteiger partial charge in [-0.1, -0.05) is 37.3 Å². The van der Waals surface area contributed by atoms with Gasteiger partial charge in [-0.05, 0) is 55.3 Å². The monoisotopic (exact) mass is 583 g/mol. The molecule has 1 N–H and O–H groups in total. The lowest BCUT2D eigenvalue weighted by molar-refractivity contribution is -0.139. The van der Waals surface area contributed by atoms with Gasteiger partial charge in [-0.3, -0.25) is 13.9 Å². The molecule has 0 aliphatic rings. The number of hydrogen-bond acceptors (Lipinski definition) is 7. The zero-order valence-electron chi connectivity index (χ0n) is 24.0. The lowest BCUT2D eigenvalue weighted by Crippen LogP contribution is -2.51. The third-order valence-corrected chi connectivity index (χ3v) is 8.28. The van der Waals surface area contributed by atoms with Crippen LogP contribution in [0.2, 0.25) is 0 Å². The van der Waals surface area contributed by atoms with E-state index in [1.54, 1.807) is 68.6 Å². The summed E-state index contributed by atoms with van der Waals surface area (Å²) in [6.45, 7) is 3.52. The molecule has 2 amide bonds. The van der Waals surface area contributed by atoms with E-state index in [1.807, 2.05) is 6.92 Å². The number of nitrogens with zero attached hydrogens (tertiary/aromatic N) is 2. The van der Waals surface area contributed by atoms with E-state index in [4.69, 9.17) is 14.2 Å². The molecule has 0 bridgehead atoms. The van der Waals surface area contributed by atoms with Crippen molar-refractivity contribution in [3.05, 3.63) is 78.4 Å². The highest BCUT2D eigenvalue weighted by Crippen LogP contribution is 2.34. The van der Waals surface area contributed by atoms with Gasteiger partial charge in [0.05, 0.1) is 31.9 Å². The van der Waals surface area contributed by atoms with Crippen molar-refractivity contribution in [3.8, 4) is 17.2 Å². The number of ether oxygens (including phenoxy) is 3. The number of amides is 2. The average molecular weight is 584 g/mol. The van der Waals surface area contributed by atoms with Gasteiger partial charge in [0.1, 0.15) is 18.3 Å². The Labute approximate surface area is 241 Å². The second-order valence-corrected chi connectivity index (χ2v) is 11.1. The molecule has 3 aromatic carbocycles. The summed E-state index contributed by atoms with van der Waals surface area (Å²) in [6.07, 6.45) is 0.729. The van der Waals surface area contributed by atoms with Gasteiger partial charge >= 0.3 is 0 Å². The Morgan fingerprint density at radius 2 is 1.54 bits per heavy atom. The van der Waals surface area contributed by atoms with E-state index in [0.29, 0.717) is 23.8 Å². The SMILES string of the molecule is CCCNC(=O)[C@@H](C)N(Cc1ccc(OC)cc1)C(=O)CN(c1ccc(OC)c(OC)c1)S(=O)(=O)c1ccccc1. The fourth-order valence-electron chi connectivity index (χ4n) is 4.13. The Morgan fingerprint density at radius 1 is 0.878 bits per heavy atom. The summed E-state index contributed by atoms with van der Waals surface area (Å²) in [5, 5.41) is 2.83. The summed E-state index contributed by atoms with van der Waals surface area (Å²) in [7, 11) is 0.274. The third-order valence-electron chi connectivity index (χ3n) is 6.49. The Kier molecular flexibility index (Phi) is 11.0. The number of nitrogens with one attached hydrogen (secondary N) is 1. The molecule has 0 aromatic heterocycles. The maximum absolute atomic E-state index is 14.0. The zero-order chi connectivity index (χ0) is 30.0. The summed E-state index contributed by atoms with van der Waals surface area (Å²) >= 11 is 0. The smallest absolute Gasteiger partial charge is 0.264 e. The molecular weight excluding hydrogens is 546 g/mol. The molecule has 3 aromatic rings. The number of benzene rings is 3. The molecular formula is C30H37N3O7S. The average Bonchev–Trinajstić information content (AvgIpc) is 3.01. The highest BCUT2D eigenvalue weighted by molar-refractivity contribution is 7.92. The molecule has 1 atom stereocenters. The third kappa shape index (κ3) is 7.69. The first kappa shape index (κ1) is 31.3. The minimum Gasteiger partial charge on any atom is -0.497 e. The Morgan fingerprint density at radius 3 is 2.12 bits per heavy atom. The van der Waals surface area contributed by atoms with Crippen molar-refractivity contribution in [1.29, 1.82) is 0 Å². The van der Waals surface area contributed by atoms with Crippen LogP contribution in [0.5, 0.6) is 17.2 Å². The van der Waals surface area contributed by atoms with Crippen molar-refractivity contribution in [2.45, 2.75) is 37.8 Å². The topological polar surface area (TPSA) is 114 Å². The first-order chi connectivity index (χ1) is 19.7. The molecule has 3 rings (SSSR count). The van der Waals surface area contributed by atoms with Crippen LogP contribution in [0.3, 0.4) is 0 Å². The predicted molar refractivity (Wildman–Crippen MR) is 157 cm³/mol. The van der Waals surface area contributed by atoms with E-state index < -0.39 is 28.5 Å². The molecule has 0 saturated heterocycles. The molecule has 0 radical (unpaired) electrons. The largest absolute Gasteiger partial charge is 0.497 e. The molecule has 10 nitrogen and oxygen atoms in total. The Balaban J connectivity index is 2.05. The van der Waals surface area contributed by atoms with Crippen molar-refractivity contribution in [2.24, 2.45) is 0 Å². The van der Waals surface area contributed by atoms with Crippen LogP contribution in [0.4, 0.5) is 5.69 Å². The standard InChI is InChI=1S/C30H37N3O7S/c1-6-18-31-30(35)22(2)32(20-23-12-15-25(38-3)16-13-23)29(34)21-33(41(36,37)26-10-8-7-9-11-26)24-14-17-27(39-4)28(19-24)40-5/h7-17,19,22H,6,18,20-21H2,1-5H3,(H,31,35)/t22-/m1/s1. The normalized spacial score (nSPS) is 11.7. The van der Waals surface area contributed by atoms with Gasteiger partial charge in [0.15, 0.2) is 11.5 Å². The van der Waals surface area contributed by atoms with Crippen LogP contribution in [0, 0.1) is 0 Å². The number of methoxy groups -OCH3 is 3. The number of rotatable bonds is 14. The highest BCUT2D eigenvalue weighted by Gasteiger charge is 2.33. The van der Waals surface area contributed by atoms with Gasteiger partial charge < -0.3 is 24.4 Å². The van der Waals surface area contributed by atoms with Gasteiger partial charge in [-0.15, -0.1) is 0 Å². The second kappa shape index (κ2) is 14.4. The molecule has 0 heterocycles. The van der Waals surface area contributed by atoms with Crippen LogP contribution >= 0.6 is 0 Å². The van der Waals surface area contributed by atoms with E-state index in [2.05, 4.69) is 5.32 Å². The van der Waals surface area contributed by atoms with Crippen LogP contribution in [0.25, 0.3) is 0 Å². The number of carbonyl (C=O) groups is 2. The summed E-state index contributed by atoms with van der Waals surface area (Å²) < 4.78 is 44.8. The summed E-state index contributed by atoms with van der Waals surface area (Å²) in [6, 6.07) is 18.7. The van der Waals surface area contributed by atoms with Crippen LogP contribution in [0.1, 0.15) is 25.8 Å². The van der Waals surface area contributed by atoms with E-state index in [0.717, 1.165) is 16.3 Å². The molecule has 11 heteroatoms. The summed E-state index contributed by atoms with van der Waals surface area (Å²) in [5.41, 5.74) is 0.949. The quantitative estimate of drug-likeness (QED) is 0.307. The Hall–Kier alpha value is -4.25. The predicted octanol–water partition coefficient (Wildman–Crippen LogP) is 3.85. The fraction of sp³-hybridized carbons (Fsp3) is 0.333.